The third-order valence-corrected chi connectivity index (χ3v) is 6.97. The van der Waals surface area contributed by atoms with Crippen molar-refractivity contribution in [2.75, 3.05) is 6.54 Å². The standard InChI is InChI=1S/C28H28ClN3O5/c29-23-13-10-19(16-30)20(15-23)17-32-14-4-7-24(32)25(33)31-27(36)28(37,21-5-2-1-3-6-21)22-11-8-18(9-12-22)26(34)35/h1-3,5-6,8-13,15,24,37H,4,7,14,16-17,30H2,(H,34,35)(H,31,33,36)/t24-,28?/m0/s1. The molecule has 1 unspecified atom stereocenters. The predicted molar refractivity (Wildman–Crippen MR) is 139 cm³/mol. The minimum Gasteiger partial charge on any atom is -0.478 e. The number of carboxylic acid groups (broad SMARTS) is 1. The Kier molecular flexibility index (Phi) is 8.04. The molecule has 0 aromatic heterocycles. The van der Waals surface area contributed by atoms with E-state index in [4.69, 9.17) is 17.3 Å². The molecule has 1 aliphatic heterocycles. The summed E-state index contributed by atoms with van der Waals surface area (Å²) in [6, 6.07) is 18.5. The first-order valence-corrected chi connectivity index (χ1v) is 12.3. The van der Waals surface area contributed by atoms with Gasteiger partial charge in [0.2, 0.25) is 5.91 Å². The molecule has 0 spiro atoms. The lowest BCUT2D eigenvalue weighted by molar-refractivity contribution is -0.143. The number of likely N-dealkylation sites (tertiary alicyclic amines) is 1. The number of nitrogens with one attached hydrogen (secondary N) is 1. The Balaban J connectivity index is 1.58. The van der Waals surface area contributed by atoms with Crippen molar-refractivity contribution in [3.8, 4) is 0 Å². The Morgan fingerprint density at radius 2 is 1.68 bits per heavy atom. The number of aromatic carboxylic acids is 1. The van der Waals surface area contributed by atoms with Gasteiger partial charge in [-0.3, -0.25) is 19.8 Å². The maximum atomic E-state index is 13.5. The van der Waals surface area contributed by atoms with Crippen LogP contribution < -0.4 is 11.1 Å². The highest BCUT2D eigenvalue weighted by molar-refractivity contribution is 6.30. The van der Waals surface area contributed by atoms with Gasteiger partial charge in [-0.2, -0.15) is 0 Å². The molecule has 0 saturated carbocycles. The van der Waals surface area contributed by atoms with Crippen LogP contribution in [0.3, 0.4) is 0 Å². The van der Waals surface area contributed by atoms with Crippen LogP contribution in [0.25, 0.3) is 0 Å². The predicted octanol–water partition coefficient (Wildman–Crippen LogP) is 3.04. The summed E-state index contributed by atoms with van der Waals surface area (Å²) in [6.45, 7) is 1.43. The van der Waals surface area contributed by atoms with Gasteiger partial charge >= 0.3 is 5.97 Å². The molecule has 1 saturated heterocycles. The number of aliphatic hydroxyl groups is 1. The summed E-state index contributed by atoms with van der Waals surface area (Å²) in [7, 11) is 0. The van der Waals surface area contributed by atoms with E-state index in [1.165, 1.54) is 24.3 Å². The van der Waals surface area contributed by atoms with E-state index < -0.39 is 29.4 Å². The van der Waals surface area contributed by atoms with Crippen LogP contribution in [0.4, 0.5) is 0 Å². The van der Waals surface area contributed by atoms with E-state index in [-0.39, 0.29) is 16.7 Å². The van der Waals surface area contributed by atoms with Crippen molar-refractivity contribution < 1.29 is 24.6 Å². The normalized spacial score (nSPS) is 17.2. The number of carboxylic acids is 1. The SMILES string of the molecule is NCc1ccc(Cl)cc1CN1CCC[C@H]1C(=O)NC(=O)C(O)(c1ccccc1)c1ccc(C(=O)O)cc1. The van der Waals surface area contributed by atoms with Gasteiger partial charge in [0.15, 0.2) is 5.60 Å². The molecule has 0 radical (unpaired) electrons. The monoisotopic (exact) mass is 521 g/mol. The van der Waals surface area contributed by atoms with Crippen LogP contribution in [0.15, 0.2) is 72.8 Å². The average Bonchev–Trinajstić information content (AvgIpc) is 3.37. The van der Waals surface area contributed by atoms with Crippen molar-refractivity contribution in [1.82, 2.24) is 10.2 Å². The maximum Gasteiger partial charge on any atom is 0.335 e. The molecule has 8 nitrogen and oxygen atoms in total. The molecule has 37 heavy (non-hydrogen) atoms. The molecule has 5 N–H and O–H groups in total. The number of amides is 2. The van der Waals surface area contributed by atoms with Crippen molar-refractivity contribution in [1.29, 1.82) is 0 Å². The number of carbonyl (C=O) groups excluding carboxylic acids is 2. The van der Waals surface area contributed by atoms with Gasteiger partial charge in [0, 0.05) is 18.1 Å². The third kappa shape index (κ3) is 5.57. The zero-order chi connectivity index (χ0) is 26.6. The number of nitrogens with zero attached hydrogens (tertiary/aromatic N) is 1. The van der Waals surface area contributed by atoms with Crippen LogP contribution in [0.2, 0.25) is 5.02 Å². The highest BCUT2D eigenvalue weighted by Gasteiger charge is 2.42. The fraction of sp³-hybridized carbons (Fsp3) is 0.250. The lowest BCUT2D eigenvalue weighted by atomic mass is 9.85. The Bertz CT molecular complexity index is 1300. The second-order valence-electron chi connectivity index (χ2n) is 9.02. The van der Waals surface area contributed by atoms with Crippen molar-refractivity contribution in [3.63, 3.8) is 0 Å². The number of imide groups is 1. The van der Waals surface area contributed by atoms with Crippen LogP contribution in [-0.2, 0) is 28.3 Å². The summed E-state index contributed by atoms with van der Waals surface area (Å²) in [4.78, 5) is 40.1. The molecule has 4 rings (SSSR count). The molecule has 3 aromatic rings. The van der Waals surface area contributed by atoms with Crippen LogP contribution in [0.5, 0.6) is 0 Å². The number of nitrogens with two attached hydrogens (primary N) is 1. The maximum absolute atomic E-state index is 13.5. The van der Waals surface area contributed by atoms with Gasteiger partial charge in [-0.05, 0) is 65.9 Å². The van der Waals surface area contributed by atoms with E-state index in [1.54, 1.807) is 36.4 Å². The number of hydrogen-bond donors (Lipinski definition) is 4. The smallest absolute Gasteiger partial charge is 0.335 e. The Morgan fingerprint density at radius 1 is 1.00 bits per heavy atom. The average molecular weight is 522 g/mol. The van der Waals surface area contributed by atoms with E-state index in [1.807, 2.05) is 17.0 Å². The second kappa shape index (κ2) is 11.2. The van der Waals surface area contributed by atoms with Crippen molar-refractivity contribution >= 4 is 29.4 Å². The van der Waals surface area contributed by atoms with E-state index in [2.05, 4.69) is 5.32 Å². The summed E-state index contributed by atoms with van der Waals surface area (Å²) in [6.07, 6.45) is 1.32. The Hall–Kier alpha value is -3.56. The molecule has 1 heterocycles. The summed E-state index contributed by atoms with van der Waals surface area (Å²) < 4.78 is 0. The molecule has 3 aromatic carbocycles. The van der Waals surface area contributed by atoms with E-state index >= 15 is 0 Å². The number of halogens is 1. The molecule has 2 amide bonds. The molecule has 192 valence electrons. The quantitative estimate of drug-likeness (QED) is 0.358. The van der Waals surface area contributed by atoms with Gasteiger partial charge < -0.3 is 15.9 Å². The number of hydrogen-bond acceptors (Lipinski definition) is 6. The molecule has 9 heteroatoms. The molecule has 2 atom stereocenters. The zero-order valence-electron chi connectivity index (χ0n) is 20.1. The minimum atomic E-state index is -2.21. The van der Waals surface area contributed by atoms with Crippen molar-refractivity contribution in [2.24, 2.45) is 5.73 Å². The van der Waals surface area contributed by atoms with Gasteiger partial charge in [-0.1, -0.05) is 60.1 Å². The first-order valence-electron chi connectivity index (χ1n) is 11.9. The first kappa shape index (κ1) is 26.5. The fourth-order valence-corrected chi connectivity index (χ4v) is 4.91. The summed E-state index contributed by atoms with van der Waals surface area (Å²) >= 11 is 6.18. The fourth-order valence-electron chi connectivity index (χ4n) is 4.72. The molecule has 0 bridgehead atoms. The molecular weight excluding hydrogens is 494 g/mol. The lowest BCUT2D eigenvalue weighted by Crippen LogP contribution is -2.52. The Morgan fingerprint density at radius 3 is 2.32 bits per heavy atom. The lowest BCUT2D eigenvalue weighted by Gasteiger charge is -2.30. The summed E-state index contributed by atoms with van der Waals surface area (Å²) in [5.74, 6) is -2.56. The molecule has 0 aliphatic carbocycles. The molecule has 1 aliphatic rings. The van der Waals surface area contributed by atoms with Crippen molar-refractivity contribution in [3.05, 3.63) is 106 Å². The van der Waals surface area contributed by atoms with Crippen LogP contribution in [0, 0.1) is 0 Å². The van der Waals surface area contributed by atoms with Gasteiger partial charge in [0.1, 0.15) is 0 Å². The van der Waals surface area contributed by atoms with Crippen LogP contribution >= 0.6 is 11.6 Å². The van der Waals surface area contributed by atoms with Gasteiger partial charge in [0.25, 0.3) is 5.91 Å². The number of benzene rings is 3. The van der Waals surface area contributed by atoms with Gasteiger partial charge in [-0.25, -0.2) is 4.79 Å². The highest BCUT2D eigenvalue weighted by atomic mass is 35.5. The van der Waals surface area contributed by atoms with E-state index in [0.29, 0.717) is 31.1 Å². The van der Waals surface area contributed by atoms with Gasteiger partial charge in [0.05, 0.1) is 11.6 Å². The van der Waals surface area contributed by atoms with E-state index in [9.17, 15) is 24.6 Å². The summed E-state index contributed by atoms with van der Waals surface area (Å²) in [5.41, 5.74) is 5.91. The van der Waals surface area contributed by atoms with Crippen LogP contribution in [-0.4, -0.2) is 45.5 Å². The Labute approximate surface area is 219 Å². The third-order valence-electron chi connectivity index (χ3n) is 6.73. The topological polar surface area (TPSA) is 133 Å². The largest absolute Gasteiger partial charge is 0.478 e. The number of rotatable bonds is 8. The summed E-state index contributed by atoms with van der Waals surface area (Å²) in [5, 5.41) is 23.9. The highest BCUT2D eigenvalue weighted by Crippen LogP contribution is 2.31. The molecule has 1 fully saturated rings. The van der Waals surface area contributed by atoms with Crippen LogP contribution in [0.1, 0.15) is 45.5 Å². The second-order valence-corrected chi connectivity index (χ2v) is 9.46. The first-order chi connectivity index (χ1) is 17.7. The zero-order valence-corrected chi connectivity index (χ0v) is 20.8. The minimum absolute atomic E-state index is 0.00936. The van der Waals surface area contributed by atoms with Gasteiger partial charge in [-0.15, -0.1) is 0 Å². The molecular formula is C28H28ClN3O5. The number of carbonyl (C=O) groups is 3. The van der Waals surface area contributed by atoms with E-state index in [0.717, 1.165) is 17.5 Å². The van der Waals surface area contributed by atoms with Crippen molar-refractivity contribution in [2.45, 2.75) is 37.6 Å².